The standard InChI is InChI=1S/C8H18N2O/c1-3-7(9)5-8(4-2)10-6-11/h6-8H,3-5,9H2,1-2H3,(H,10,11). The summed E-state index contributed by atoms with van der Waals surface area (Å²) in [4.78, 5) is 10.1. The zero-order chi connectivity index (χ0) is 8.69. The maximum atomic E-state index is 10.1. The molecule has 2 unspecified atom stereocenters. The molecule has 0 aromatic carbocycles. The summed E-state index contributed by atoms with van der Waals surface area (Å²) in [5, 5.41) is 2.74. The van der Waals surface area contributed by atoms with Crippen molar-refractivity contribution < 1.29 is 4.79 Å². The molecule has 0 bridgehead atoms. The van der Waals surface area contributed by atoms with Crippen LogP contribution >= 0.6 is 0 Å². The molecular weight excluding hydrogens is 140 g/mol. The van der Waals surface area contributed by atoms with Crippen LogP contribution in [0, 0.1) is 0 Å². The predicted octanol–water partition coefficient (Wildman–Crippen LogP) is 0.638. The van der Waals surface area contributed by atoms with Crippen molar-refractivity contribution in [1.82, 2.24) is 5.32 Å². The smallest absolute Gasteiger partial charge is 0.207 e. The van der Waals surface area contributed by atoms with E-state index in [-0.39, 0.29) is 12.1 Å². The van der Waals surface area contributed by atoms with E-state index in [9.17, 15) is 4.79 Å². The van der Waals surface area contributed by atoms with Crippen molar-refractivity contribution >= 4 is 6.41 Å². The number of amides is 1. The topological polar surface area (TPSA) is 55.1 Å². The largest absolute Gasteiger partial charge is 0.356 e. The van der Waals surface area contributed by atoms with Crippen molar-refractivity contribution in [2.45, 2.75) is 45.2 Å². The summed E-state index contributed by atoms with van der Waals surface area (Å²) >= 11 is 0. The molecule has 0 aliphatic heterocycles. The Morgan fingerprint density at radius 2 is 2.09 bits per heavy atom. The second-order valence-electron chi connectivity index (χ2n) is 2.79. The second kappa shape index (κ2) is 6.16. The van der Waals surface area contributed by atoms with Gasteiger partial charge in [-0.3, -0.25) is 4.79 Å². The van der Waals surface area contributed by atoms with E-state index in [1.165, 1.54) is 0 Å². The molecule has 0 saturated heterocycles. The van der Waals surface area contributed by atoms with E-state index >= 15 is 0 Å². The van der Waals surface area contributed by atoms with E-state index in [2.05, 4.69) is 12.2 Å². The molecule has 0 aromatic heterocycles. The Morgan fingerprint density at radius 3 is 2.45 bits per heavy atom. The van der Waals surface area contributed by atoms with Gasteiger partial charge in [0.25, 0.3) is 0 Å². The molecule has 0 fully saturated rings. The zero-order valence-corrected chi connectivity index (χ0v) is 7.34. The van der Waals surface area contributed by atoms with Crippen LogP contribution in [0.15, 0.2) is 0 Å². The van der Waals surface area contributed by atoms with Crippen LogP contribution in [-0.2, 0) is 4.79 Å². The van der Waals surface area contributed by atoms with Crippen LogP contribution in [-0.4, -0.2) is 18.5 Å². The van der Waals surface area contributed by atoms with Crippen molar-refractivity contribution in [2.75, 3.05) is 0 Å². The fraction of sp³-hybridized carbons (Fsp3) is 0.875. The lowest BCUT2D eigenvalue weighted by Crippen LogP contribution is -2.34. The van der Waals surface area contributed by atoms with Gasteiger partial charge in [0.1, 0.15) is 0 Å². The zero-order valence-electron chi connectivity index (χ0n) is 7.34. The molecule has 0 rings (SSSR count). The second-order valence-corrected chi connectivity index (χ2v) is 2.79. The molecule has 0 aliphatic rings. The number of nitrogens with two attached hydrogens (primary N) is 1. The van der Waals surface area contributed by atoms with Gasteiger partial charge in [-0.2, -0.15) is 0 Å². The summed E-state index contributed by atoms with van der Waals surface area (Å²) < 4.78 is 0. The Bertz CT molecular complexity index is 106. The molecular formula is C8H18N2O. The fourth-order valence-corrected chi connectivity index (χ4v) is 0.981. The average Bonchev–Trinajstić information content (AvgIpc) is 2.03. The van der Waals surface area contributed by atoms with Gasteiger partial charge in [0.15, 0.2) is 0 Å². The highest BCUT2D eigenvalue weighted by Crippen LogP contribution is 2.02. The molecule has 3 heteroatoms. The number of rotatable bonds is 6. The molecule has 0 aromatic rings. The van der Waals surface area contributed by atoms with Gasteiger partial charge in [-0.05, 0) is 19.3 Å². The molecule has 0 saturated carbocycles. The van der Waals surface area contributed by atoms with Crippen molar-refractivity contribution in [2.24, 2.45) is 5.73 Å². The molecule has 1 amide bonds. The van der Waals surface area contributed by atoms with Gasteiger partial charge in [-0.25, -0.2) is 0 Å². The van der Waals surface area contributed by atoms with Gasteiger partial charge in [0.05, 0.1) is 0 Å². The van der Waals surface area contributed by atoms with E-state index in [0.29, 0.717) is 0 Å². The maximum Gasteiger partial charge on any atom is 0.207 e. The first-order chi connectivity index (χ1) is 5.24. The van der Waals surface area contributed by atoms with Crippen LogP contribution in [0.5, 0.6) is 0 Å². The normalized spacial score (nSPS) is 15.5. The monoisotopic (exact) mass is 158 g/mol. The van der Waals surface area contributed by atoms with E-state index in [0.717, 1.165) is 25.7 Å². The minimum absolute atomic E-state index is 0.215. The van der Waals surface area contributed by atoms with Crippen LogP contribution in [0.1, 0.15) is 33.1 Å². The number of hydrogen-bond acceptors (Lipinski definition) is 2. The maximum absolute atomic E-state index is 10.1. The summed E-state index contributed by atoms with van der Waals surface area (Å²) in [7, 11) is 0. The third-order valence-electron chi connectivity index (χ3n) is 1.91. The van der Waals surface area contributed by atoms with Crippen LogP contribution in [0.3, 0.4) is 0 Å². The molecule has 0 spiro atoms. The molecule has 3 nitrogen and oxygen atoms in total. The van der Waals surface area contributed by atoms with E-state index in [4.69, 9.17) is 5.73 Å². The number of carbonyl (C=O) groups is 1. The van der Waals surface area contributed by atoms with Crippen LogP contribution in [0.4, 0.5) is 0 Å². The third-order valence-corrected chi connectivity index (χ3v) is 1.91. The van der Waals surface area contributed by atoms with Crippen molar-refractivity contribution in [3.63, 3.8) is 0 Å². The highest BCUT2D eigenvalue weighted by Gasteiger charge is 2.08. The Kier molecular flexibility index (Phi) is 5.84. The predicted molar refractivity (Wildman–Crippen MR) is 46.2 cm³/mol. The molecule has 3 N–H and O–H groups in total. The quantitative estimate of drug-likeness (QED) is 0.557. The number of nitrogens with one attached hydrogen (secondary N) is 1. The summed E-state index contributed by atoms with van der Waals surface area (Å²) in [6, 6.07) is 0.467. The Labute approximate surface area is 68.3 Å². The highest BCUT2D eigenvalue weighted by molar-refractivity contribution is 5.46. The molecule has 0 radical (unpaired) electrons. The van der Waals surface area contributed by atoms with E-state index < -0.39 is 0 Å². The van der Waals surface area contributed by atoms with Gasteiger partial charge >= 0.3 is 0 Å². The van der Waals surface area contributed by atoms with E-state index in [1.807, 2.05) is 6.92 Å². The first-order valence-corrected chi connectivity index (χ1v) is 4.19. The lowest BCUT2D eigenvalue weighted by Gasteiger charge is -2.17. The molecule has 0 aliphatic carbocycles. The van der Waals surface area contributed by atoms with Gasteiger partial charge < -0.3 is 11.1 Å². The van der Waals surface area contributed by atoms with Gasteiger partial charge in [0, 0.05) is 12.1 Å². The summed E-state index contributed by atoms with van der Waals surface area (Å²) in [6.07, 6.45) is 3.55. The Balaban J connectivity index is 3.57. The highest BCUT2D eigenvalue weighted by atomic mass is 16.1. The molecule has 11 heavy (non-hydrogen) atoms. The van der Waals surface area contributed by atoms with E-state index in [1.54, 1.807) is 0 Å². The summed E-state index contributed by atoms with van der Waals surface area (Å²) in [6.45, 7) is 4.10. The van der Waals surface area contributed by atoms with Crippen LogP contribution in [0.25, 0.3) is 0 Å². The van der Waals surface area contributed by atoms with Crippen molar-refractivity contribution in [3.8, 4) is 0 Å². The van der Waals surface area contributed by atoms with Crippen LogP contribution in [0.2, 0.25) is 0 Å². The molecule has 2 atom stereocenters. The average molecular weight is 158 g/mol. The minimum atomic E-state index is 0.215. The number of hydrogen-bond donors (Lipinski definition) is 2. The Morgan fingerprint density at radius 1 is 1.45 bits per heavy atom. The molecule has 66 valence electrons. The van der Waals surface area contributed by atoms with Gasteiger partial charge in [0.2, 0.25) is 6.41 Å². The first-order valence-electron chi connectivity index (χ1n) is 4.19. The lowest BCUT2D eigenvalue weighted by molar-refractivity contribution is -0.110. The number of carbonyl (C=O) groups excluding carboxylic acids is 1. The van der Waals surface area contributed by atoms with Gasteiger partial charge in [-0.15, -0.1) is 0 Å². The van der Waals surface area contributed by atoms with Crippen molar-refractivity contribution in [1.29, 1.82) is 0 Å². The summed E-state index contributed by atoms with van der Waals surface area (Å²) in [5.74, 6) is 0. The minimum Gasteiger partial charge on any atom is -0.356 e. The third kappa shape index (κ3) is 4.79. The first kappa shape index (κ1) is 10.4. The summed E-state index contributed by atoms with van der Waals surface area (Å²) in [5.41, 5.74) is 5.72. The fourth-order valence-electron chi connectivity index (χ4n) is 0.981. The lowest BCUT2D eigenvalue weighted by atomic mass is 10.0. The van der Waals surface area contributed by atoms with Gasteiger partial charge in [-0.1, -0.05) is 13.8 Å². The van der Waals surface area contributed by atoms with Crippen LogP contribution < -0.4 is 11.1 Å². The molecule has 0 heterocycles. The SMILES string of the molecule is CCC(N)CC(CC)NC=O. The van der Waals surface area contributed by atoms with Crippen molar-refractivity contribution in [3.05, 3.63) is 0 Å². The Hall–Kier alpha value is -0.570.